The van der Waals surface area contributed by atoms with Crippen molar-refractivity contribution in [3.05, 3.63) is 24.3 Å². The van der Waals surface area contributed by atoms with Crippen LogP contribution in [0.5, 0.6) is 5.75 Å². The van der Waals surface area contributed by atoms with Crippen molar-refractivity contribution in [2.45, 2.75) is 11.8 Å². The fourth-order valence-electron chi connectivity index (χ4n) is 0.802. The van der Waals surface area contributed by atoms with E-state index in [2.05, 4.69) is 0 Å². The van der Waals surface area contributed by atoms with Crippen molar-refractivity contribution in [1.82, 2.24) is 0 Å². The van der Waals surface area contributed by atoms with Gasteiger partial charge >= 0.3 is 5.97 Å². The van der Waals surface area contributed by atoms with E-state index in [1.807, 2.05) is 0 Å². The van der Waals surface area contributed by atoms with Crippen molar-refractivity contribution in [2.24, 2.45) is 0 Å². The highest BCUT2D eigenvalue weighted by atomic mass is 32.2. The molecule has 0 spiro atoms. The van der Waals surface area contributed by atoms with E-state index in [0.29, 0.717) is 5.75 Å². The summed E-state index contributed by atoms with van der Waals surface area (Å²) in [7, 11) is -2.57. The number of ether oxygens (including phenoxy) is 1. The zero-order valence-electron chi connectivity index (χ0n) is 6.89. The van der Waals surface area contributed by atoms with Gasteiger partial charge in [-0.2, -0.15) is 0 Å². The van der Waals surface area contributed by atoms with Crippen molar-refractivity contribution in [3.63, 3.8) is 0 Å². The first-order valence-corrected chi connectivity index (χ1v) is 4.70. The summed E-state index contributed by atoms with van der Waals surface area (Å²) in [6.07, 6.45) is 0. The van der Waals surface area contributed by atoms with Gasteiger partial charge in [-0.05, 0) is 24.3 Å². The number of hydrogen-bond acceptors (Lipinski definition) is 4. The minimum Gasteiger partial charge on any atom is -0.427 e. The Labute approximate surface area is 77.1 Å². The van der Waals surface area contributed by atoms with Gasteiger partial charge in [-0.25, -0.2) is 8.42 Å². The molecule has 0 atom stereocenters. The molecule has 0 aliphatic rings. The molecule has 0 fully saturated rings. The number of hydrogen-bond donors (Lipinski definition) is 1. The van der Waals surface area contributed by atoms with Crippen molar-refractivity contribution in [1.29, 1.82) is 0 Å². The summed E-state index contributed by atoms with van der Waals surface area (Å²) in [5.41, 5.74) is 0. The molecule has 70 valence electrons. The third-order valence-corrected chi connectivity index (χ3v) is 2.03. The van der Waals surface area contributed by atoms with Crippen molar-refractivity contribution in [3.8, 4) is 5.75 Å². The fourth-order valence-corrected chi connectivity index (χ4v) is 1.19. The molecule has 1 aromatic carbocycles. The van der Waals surface area contributed by atoms with E-state index < -0.39 is 16.7 Å². The van der Waals surface area contributed by atoms with E-state index in [-0.39, 0.29) is 4.90 Å². The van der Waals surface area contributed by atoms with Crippen LogP contribution in [0.15, 0.2) is 29.2 Å². The average molecular weight is 200 g/mol. The molecule has 0 saturated heterocycles. The predicted molar refractivity (Wildman–Crippen MR) is 46.3 cm³/mol. The minimum absolute atomic E-state index is 0.200. The summed E-state index contributed by atoms with van der Waals surface area (Å²) in [6.45, 7) is 1.28. The fraction of sp³-hybridized carbons (Fsp3) is 0.125. The van der Waals surface area contributed by atoms with E-state index in [1.165, 1.54) is 31.2 Å². The highest BCUT2D eigenvalue weighted by molar-refractivity contribution is 7.72. The van der Waals surface area contributed by atoms with E-state index in [0.717, 1.165) is 0 Å². The van der Waals surface area contributed by atoms with Crippen LogP contribution in [0.3, 0.4) is 0 Å². The normalized spacial score (nSPS) is 10.0. The molecule has 1 aromatic rings. The van der Waals surface area contributed by atoms with E-state index in [1.54, 1.807) is 0 Å². The molecule has 0 saturated carbocycles. The van der Waals surface area contributed by atoms with Gasteiger partial charge in [0.15, 0.2) is 10.7 Å². The van der Waals surface area contributed by atoms with Gasteiger partial charge in [-0.15, -0.1) is 0 Å². The Kier molecular flexibility index (Phi) is 3.02. The van der Waals surface area contributed by atoms with Gasteiger partial charge in [0.2, 0.25) is 0 Å². The first kappa shape index (κ1) is 9.73. The van der Waals surface area contributed by atoms with Crippen LogP contribution in [0.25, 0.3) is 0 Å². The third kappa shape index (κ3) is 2.87. The van der Waals surface area contributed by atoms with Crippen LogP contribution in [-0.2, 0) is 15.5 Å². The molecule has 0 bridgehead atoms. The smallest absolute Gasteiger partial charge is 0.308 e. The summed E-state index contributed by atoms with van der Waals surface area (Å²) < 4.78 is 25.6. The molecule has 0 N–H and O–H groups in total. The van der Waals surface area contributed by atoms with Crippen molar-refractivity contribution >= 4 is 16.7 Å². The lowest BCUT2D eigenvalue weighted by atomic mass is 10.3. The maximum atomic E-state index is 10.5. The number of thiol groups is 1. The Balaban J connectivity index is 2.87. The van der Waals surface area contributed by atoms with Crippen molar-refractivity contribution in [2.75, 3.05) is 0 Å². The lowest BCUT2D eigenvalue weighted by molar-refractivity contribution is -0.131. The number of rotatable bonds is 2. The lowest BCUT2D eigenvalue weighted by Crippen LogP contribution is -2.00. The second-order valence-electron chi connectivity index (χ2n) is 2.34. The lowest BCUT2D eigenvalue weighted by Gasteiger charge is -1.99. The van der Waals surface area contributed by atoms with Gasteiger partial charge in [0.05, 0.1) is 4.90 Å². The van der Waals surface area contributed by atoms with Crippen LogP contribution in [-0.4, -0.2) is 14.4 Å². The number of carbonyl (C=O) groups is 1. The summed E-state index contributed by atoms with van der Waals surface area (Å²) in [5, 5.41) is 0. The van der Waals surface area contributed by atoms with E-state index >= 15 is 0 Å². The van der Waals surface area contributed by atoms with Gasteiger partial charge in [-0.1, -0.05) is 0 Å². The van der Waals surface area contributed by atoms with Crippen LogP contribution >= 0.6 is 0 Å². The molecule has 5 heteroatoms. The SMILES string of the molecule is CC(=O)Oc1ccc([SH](=O)=O)cc1. The molecular weight excluding hydrogens is 192 g/mol. The average Bonchev–Trinajstić information content (AvgIpc) is 2.04. The van der Waals surface area contributed by atoms with Gasteiger partial charge in [0.25, 0.3) is 0 Å². The minimum atomic E-state index is -2.57. The zero-order chi connectivity index (χ0) is 9.84. The molecule has 1 rings (SSSR count). The monoisotopic (exact) mass is 200 g/mol. The highest BCUT2D eigenvalue weighted by Crippen LogP contribution is 2.12. The molecule has 0 heterocycles. The molecule has 0 aliphatic carbocycles. The van der Waals surface area contributed by atoms with Crippen LogP contribution in [0, 0.1) is 0 Å². The standard InChI is InChI=1S/C8H8O4S/c1-6(9)12-7-2-4-8(5-3-7)13(10)11/h2-5,13H,1H3. The Hall–Kier alpha value is -1.36. The summed E-state index contributed by atoms with van der Waals surface area (Å²) >= 11 is 0. The molecule has 0 unspecified atom stereocenters. The van der Waals surface area contributed by atoms with Gasteiger partial charge in [0, 0.05) is 6.92 Å². The first-order chi connectivity index (χ1) is 6.09. The van der Waals surface area contributed by atoms with Gasteiger partial charge < -0.3 is 4.74 Å². The molecule has 0 amide bonds. The summed E-state index contributed by atoms with van der Waals surface area (Å²) in [4.78, 5) is 10.7. The third-order valence-electron chi connectivity index (χ3n) is 1.31. The number of esters is 1. The zero-order valence-corrected chi connectivity index (χ0v) is 7.78. The second-order valence-corrected chi connectivity index (χ2v) is 3.38. The van der Waals surface area contributed by atoms with Crippen LogP contribution < -0.4 is 4.74 Å². The predicted octanol–water partition coefficient (Wildman–Crippen LogP) is 0.582. The Morgan fingerprint density at radius 2 is 1.77 bits per heavy atom. The quantitative estimate of drug-likeness (QED) is 0.431. The number of carbonyl (C=O) groups excluding carboxylic acids is 1. The van der Waals surface area contributed by atoms with Crippen LogP contribution in [0.4, 0.5) is 0 Å². The topological polar surface area (TPSA) is 60.4 Å². The number of benzene rings is 1. The van der Waals surface area contributed by atoms with E-state index in [9.17, 15) is 13.2 Å². The van der Waals surface area contributed by atoms with E-state index in [4.69, 9.17) is 4.74 Å². The van der Waals surface area contributed by atoms with Gasteiger partial charge in [0.1, 0.15) is 5.75 Å². The highest BCUT2D eigenvalue weighted by Gasteiger charge is 1.98. The Morgan fingerprint density at radius 1 is 1.23 bits per heavy atom. The molecule has 0 radical (unpaired) electrons. The molecule has 13 heavy (non-hydrogen) atoms. The summed E-state index contributed by atoms with van der Waals surface area (Å²) in [5.74, 6) is -0.0904. The second kappa shape index (κ2) is 4.04. The maximum absolute atomic E-state index is 10.5. The molecular formula is C8H8O4S. The van der Waals surface area contributed by atoms with Crippen LogP contribution in [0.2, 0.25) is 0 Å². The van der Waals surface area contributed by atoms with Crippen LogP contribution in [0.1, 0.15) is 6.92 Å². The Bertz CT molecular complexity index is 370. The molecule has 4 nitrogen and oxygen atoms in total. The Morgan fingerprint density at radius 3 is 2.15 bits per heavy atom. The summed E-state index contributed by atoms with van der Waals surface area (Å²) in [6, 6.07) is 5.62. The maximum Gasteiger partial charge on any atom is 0.308 e. The van der Waals surface area contributed by atoms with Gasteiger partial charge in [-0.3, -0.25) is 4.79 Å². The molecule has 0 aliphatic heterocycles. The largest absolute Gasteiger partial charge is 0.427 e. The molecule has 0 aromatic heterocycles. The first-order valence-electron chi connectivity index (χ1n) is 3.52. The van der Waals surface area contributed by atoms with Crippen molar-refractivity contribution < 1.29 is 17.9 Å².